The van der Waals surface area contributed by atoms with Crippen LogP contribution in [0.25, 0.3) is 11.4 Å². The summed E-state index contributed by atoms with van der Waals surface area (Å²) in [6.07, 6.45) is 0. The lowest BCUT2D eigenvalue weighted by Crippen LogP contribution is -2.39. The number of hydrogen-bond acceptors (Lipinski definition) is 6. The number of benzene rings is 2. The van der Waals surface area contributed by atoms with E-state index in [9.17, 15) is 13.2 Å². The molecule has 30 heavy (non-hydrogen) atoms. The lowest BCUT2D eigenvalue weighted by molar-refractivity contribution is -0.130. The standard InChI is InChI=1S/C20H21ClN4O4S/c1-14-4-6-15(7-5-14)20-22-18(29-23-20)12-24(2)19(26)13-25(3)30(27,28)17-10-8-16(21)9-11-17/h4-11H,12-13H2,1-3H3. The van der Waals surface area contributed by atoms with Gasteiger partial charge in [0.2, 0.25) is 27.6 Å². The van der Waals surface area contributed by atoms with Crippen molar-refractivity contribution in [2.75, 3.05) is 20.6 Å². The Bertz CT molecular complexity index is 1130. The molecule has 8 nitrogen and oxygen atoms in total. The maximum Gasteiger partial charge on any atom is 0.246 e. The van der Waals surface area contributed by atoms with Crippen LogP contribution in [-0.2, 0) is 21.4 Å². The van der Waals surface area contributed by atoms with Crippen LogP contribution in [0.4, 0.5) is 0 Å². The van der Waals surface area contributed by atoms with E-state index < -0.39 is 15.9 Å². The van der Waals surface area contributed by atoms with Crippen LogP contribution in [0.2, 0.25) is 5.02 Å². The van der Waals surface area contributed by atoms with E-state index in [4.69, 9.17) is 16.1 Å². The first kappa shape index (κ1) is 21.9. The molecule has 1 amide bonds. The van der Waals surface area contributed by atoms with Crippen molar-refractivity contribution in [3.05, 3.63) is 65.0 Å². The Hall–Kier alpha value is -2.75. The van der Waals surface area contributed by atoms with E-state index in [1.807, 2.05) is 31.2 Å². The Balaban J connectivity index is 1.63. The first-order valence-corrected chi connectivity index (χ1v) is 10.8. The zero-order valence-electron chi connectivity index (χ0n) is 16.7. The summed E-state index contributed by atoms with van der Waals surface area (Å²) in [6, 6.07) is 13.4. The third-order valence-electron chi connectivity index (χ3n) is 4.46. The van der Waals surface area contributed by atoms with E-state index in [-0.39, 0.29) is 23.9 Å². The van der Waals surface area contributed by atoms with Crippen molar-refractivity contribution in [2.24, 2.45) is 0 Å². The van der Waals surface area contributed by atoms with E-state index in [0.29, 0.717) is 10.8 Å². The van der Waals surface area contributed by atoms with Gasteiger partial charge in [-0.2, -0.15) is 9.29 Å². The third-order valence-corrected chi connectivity index (χ3v) is 6.53. The van der Waals surface area contributed by atoms with Gasteiger partial charge in [0.1, 0.15) is 0 Å². The fraction of sp³-hybridized carbons (Fsp3) is 0.250. The molecule has 0 saturated heterocycles. The number of hydrogen-bond donors (Lipinski definition) is 0. The van der Waals surface area contributed by atoms with E-state index in [1.54, 1.807) is 7.05 Å². The fourth-order valence-electron chi connectivity index (χ4n) is 2.61. The number of likely N-dealkylation sites (N-methyl/N-ethyl adjacent to an activating group) is 2. The number of sulfonamides is 1. The molecule has 0 aliphatic heterocycles. The van der Waals surface area contributed by atoms with Crippen molar-refractivity contribution in [1.82, 2.24) is 19.3 Å². The highest BCUT2D eigenvalue weighted by molar-refractivity contribution is 7.89. The highest BCUT2D eigenvalue weighted by Crippen LogP contribution is 2.19. The zero-order chi connectivity index (χ0) is 21.9. The number of amides is 1. The molecule has 1 heterocycles. The highest BCUT2D eigenvalue weighted by Gasteiger charge is 2.25. The Morgan fingerprint density at radius 1 is 1.07 bits per heavy atom. The topological polar surface area (TPSA) is 96.6 Å². The normalized spacial score (nSPS) is 11.6. The molecule has 0 spiro atoms. The number of nitrogens with zero attached hydrogens (tertiary/aromatic N) is 4. The number of carbonyl (C=O) groups is 1. The van der Waals surface area contributed by atoms with Gasteiger partial charge in [-0.1, -0.05) is 46.6 Å². The molecule has 0 saturated carbocycles. The molecule has 3 aromatic rings. The largest absolute Gasteiger partial charge is 0.337 e. The van der Waals surface area contributed by atoms with Gasteiger partial charge in [0.05, 0.1) is 18.0 Å². The molecule has 0 fully saturated rings. The number of aryl methyl sites for hydroxylation is 1. The van der Waals surface area contributed by atoms with Crippen molar-refractivity contribution >= 4 is 27.5 Å². The summed E-state index contributed by atoms with van der Waals surface area (Å²) in [5.74, 6) is 0.267. The molecule has 10 heteroatoms. The number of halogens is 1. The van der Waals surface area contributed by atoms with E-state index >= 15 is 0 Å². The van der Waals surface area contributed by atoms with Gasteiger partial charge in [-0.25, -0.2) is 8.42 Å². The summed E-state index contributed by atoms with van der Waals surface area (Å²) in [4.78, 5) is 18.2. The highest BCUT2D eigenvalue weighted by atomic mass is 35.5. The Morgan fingerprint density at radius 2 is 1.70 bits per heavy atom. The van der Waals surface area contributed by atoms with E-state index in [1.165, 1.54) is 36.2 Å². The summed E-state index contributed by atoms with van der Waals surface area (Å²) in [5, 5.41) is 4.36. The minimum absolute atomic E-state index is 0.0597. The first-order chi connectivity index (χ1) is 14.2. The maximum atomic E-state index is 12.6. The van der Waals surface area contributed by atoms with Gasteiger partial charge in [0, 0.05) is 24.7 Å². The van der Waals surface area contributed by atoms with Crippen LogP contribution in [0.1, 0.15) is 11.5 Å². The number of carbonyl (C=O) groups excluding carboxylic acids is 1. The van der Waals surface area contributed by atoms with Crippen LogP contribution in [0.15, 0.2) is 57.9 Å². The summed E-state index contributed by atoms with van der Waals surface area (Å²) < 4.78 is 31.4. The van der Waals surface area contributed by atoms with Crippen LogP contribution in [0.5, 0.6) is 0 Å². The molecule has 2 aromatic carbocycles. The minimum Gasteiger partial charge on any atom is -0.337 e. The predicted molar refractivity (Wildman–Crippen MR) is 112 cm³/mol. The zero-order valence-corrected chi connectivity index (χ0v) is 18.3. The molecule has 0 unspecified atom stereocenters. The molecule has 0 atom stereocenters. The predicted octanol–water partition coefficient (Wildman–Crippen LogP) is 2.98. The summed E-state index contributed by atoms with van der Waals surface area (Å²) in [6.45, 7) is 1.71. The first-order valence-electron chi connectivity index (χ1n) is 9.02. The lowest BCUT2D eigenvalue weighted by Gasteiger charge is -2.20. The Labute approximate surface area is 180 Å². The van der Waals surface area contributed by atoms with Gasteiger partial charge in [0.15, 0.2) is 0 Å². The second-order valence-electron chi connectivity index (χ2n) is 6.84. The van der Waals surface area contributed by atoms with Gasteiger partial charge in [0.25, 0.3) is 0 Å². The van der Waals surface area contributed by atoms with Crippen LogP contribution < -0.4 is 0 Å². The summed E-state index contributed by atoms with van der Waals surface area (Å²) in [5.41, 5.74) is 1.92. The molecule has 0 bridgehead atoms. The third kappa shape index (κ3) is 5.05. The van der Waals surface area contributed by atoms with Crippen LogP contribution >= 0.6 is 11.6 Å². The van der Waals surface area contributed by atoms with Crippen molar-refractivity contribution in [2.45, 2.75) is 18.4 Å². The molecule has 0 radical (unpaired) electrons. The lowest BCUT2D eigenvalue weighted by atomic mass is 10.1. The monoisotopic (exact) mass is 448 g/mol. The van der Waals surface area contributed by atoms with Crippen LogP contribution in [-0.4, -0.2) is 54.3 Å². The molecular weight excluding hydrogens is 428 g/mol. The van der Waals surface area contributed by atoms with Crippen molar-refractivity contribution in [3.63, 3.8) is 0 Å². The number of rotatable bonds is 7. The van der Waals surface area contributed by atoms with Crippen LogP contribution in [0.3, 0.4) is 0 Å². The van der Waals surface area contributed by atoms with Crippen molar-refractivity contribution < 1.29 is 17.7 Å². The maximum absolute atomic E-state index is 12.6. The van der Waals surface area contributed by atoms with E-state index in [2.05, 4.69) is 10.1 Å². The van der Waals surface area contributed by atoms with Crippen molar-refractivity contribution in [3.8, 4) is 11.4 Å². The fourth-order valence-corrected chi connectivity index (χ4v) is 3.86. The second-order valence-corrected chi connectivity index (χ2v) is 9.32. The average Bonchev–Trinajstić information content (AvgIpc) is 3.17. The van der Waals surface area contributed by atoms with Crippen LogP contribution in [0, 0.1) is 6.92 Å². The molecule has 0 aliphatic rings. The molecule has 3 rings (SSSR count). The minimum atomic E-state index is -3.82. The smallest absolute Gasteiger partial charge is 0.246 e. The molecule has 0 aliphatic carbocycles. The molecule has 0 N–H and O–H groups in total. The molecule has 158 valence electrons. The average molecular weight is 449 g/mol. The van der Waals surface area contributed by atoms with Gasteiger partial charge >= 0.3 is 0 Å². The Morgan fingerprint density at radius 3 is 2.33 bits per heavy atom. The van der Waals surface area contributed by atoms with Gasteiger partial charge in [-0.3, -0.25) is 4.79 Å². The Kier molecular flexibility index (Phi) is 6.55. The van der Waals surface area contributed by atoms with Gasteiger partial charge < -0.3 is 9.42 Å². The second kappa shape index (κ2) is 8.95. The summed E-state index contributed by atoms with van der Waals surface area (Å²) in [7, 11) is -0.929. The SMILES string of the molecule is Cc1ccc(-c2noc(CN(C)C(=O)CN(C)S(=O)(=O)c3ccc(Cl)cc3)n2)cc1. The molecule has 1 aromatic heterocycles. The van der Waals surface area contributed by atoms with Crippen molar-refractivity contribution in [1.29, 1.82) is 0 Å². The molecular formula is C20H21ClN4O4S. The quantitative estimate of drug-likeness (QED) is 0.551. The van der Waals surface area contributed by atoms with Gasteiger partial charge in [-0.05, 0) is 31.2 Å². The number of aromatic nitrogens is 2. The van der Waals surface area contributed by atoms with Gasteiger partial charge in [-0.15, -0.1) is 0 Å². The summed E-state index contributed by atoms with van der Waals surface area (Å²) >= 11 is 5.80. The van der Waals surface area contributed by atoms with E-state index in [0.717, 1.165) is 15.4 Å².